The summed E-state index contributed by atoms with van der Waals surface area (Å²) in [6.07, 6.45) is 0.0487. The van der Waals surface area contributed by atoms with E-state index in [1.165, 1.54) is 17.8 Å². The standard InChI is InChI=1S/C20H22FNO3S/c1-20(2,3)25-19(24)22-11-14-6-4-7-15(10-14)13-26-17-9-5-8-16(12-23)18(17)21/h4-10,12H,11,13H2,1-3H3,(H,22,24). The highest BCUT2D eigenvalue weighted by Crippen LogP contribution is 2.27. The Labute approximate surface area is 157 Å². The minimum Gasteiger partial charge on any atom is -0.444 e. The molecule has 4 nitrogen and oxygen atoms in total. The Hall–Kier alpha value is -2.34. The molecule has 138 valence electrons. The average molecular weight is 375 g/mol. The summed E-state index contributed by atoms with van der Waals surface area (Å²) in [5.74, 6) is 0.0646. The molecule has 0 saturated carbocycles. The van der Waals surface area contributed by atoms with Crippen LogP contribution in [-0.4, -0.2) is 18.0 Å². The molecule has 2 aromatic carbocycles. The molecule has 0 aliphatic rings. The molecule has 0 aliphatic carbocycles. The summed E-state index contributed by atoms with van der Waals surface area (Å²) in [7, 11) is 0. The maximum absolute atomic E-state index is 14.1. The van der Waals surface area contributed by atoms with Gasteiger partial charge in [-0.25, -0.2) is 9.18 Å². The van der Waals surface area contributed by atoms with Crippen molar-refractivity contribution in [2.45, 2.75) is 43.6 Å². The third-order valence-corrected chi connectivity index (χ3v) is 4.45. The van der Waals surface area contributed by atoms with Crippen LogP contribution in [0.5, 0.6) is 0 Å². The predicted molar refractivity (Wildman–Crippen MR) is 101 cm³/mol. The molecule has 1 N–H and O–H groups in total. The van der Waals surface area contributed by atoms with Gasteiger partial charge in [-0.15, -0.1) is 11.8 Å². The van der Waals surface area contributed by atoms with Gasteiger partial charge in [0.15, 0.2) is 6.29 Å². The fourth-order valence-electron chi connectivity index (χ4n) is 2.21. The zero-order valence-corrected chi connectivity index (χ0v) is 15.9. The van der Waals surface area contributed by atoms with E-state index in [1.807, 2.05) is 45.0 Å². The van der Waals surface area contributed by atoms with Crippen molar-refractivity contribution in [1.82, 2.24) is 5.32 Å². The number of halogens is 1. The Morgan fingerprint density at radius 2 is 1.88 bits per heavy atom. The van der Waals surface area contributed by atoms with Crippen LogP contribution in [0.15, 0.2) is 47.4 Å². The average Bonchev–Trinajstić information content (AvgIpc) is 2.58. The number of carbonyl (C=O) groups excluding carboxylic acids is 2. The van der Waals surface area contributed by atoms with Crippen LogP contribution in [0.2, 0.25) is 0 Å². The smallest absolute Gasteiger partial charge is 0.407 e. The predicted octanol–water partition coefficient (Wildman–Crippen LogP) is 4.96. The quantitative estimate of drug-likeness (QED) is 0.573. The second-order valence-electron chi connectivity index (χ2n) is 6.74. The van der Waals surface area contributed by atoms with Crippen LogP contribution in [-0.2, 0) is 17.0 Å². The zero-order valence-electron chi connectivity index (χ0n) is 15.0. The highest BCUT2D eigenvalue weighted by Gasteiger charge is 2.15. The minimum absolute atomic E-state index is 0.0605. The van der Waals surface area contributed by atoms with Crippen LogP contribution in [0.3, 0.4) is 0 Å². The van der Waals surface area contributed by atoms with Crippen LogP contribution in [0.4, 0.5) is 9.18 Å². The SMILES string of the molecule is CC(C)(C)OC(=O)NCc1cccc(CSc2cccc(C=O)c2F)c1. The normalized spacial score (nSPS) is 11.1. The van der Waals surface area contributed by atoms with Crippen molar-refractivity contribution < 1.29 is 18.7 Å². The number of benzene rings is 2. The summed E-state index contributed by atoms with van der Waals surface area (Å²) in [5.41, 5.74) is 1.44. The van der Waals surface area contributed by atoms with Gasteiger partial charge in [-0.3, -0.25) is 4.79 Å². The number of hydrogen-bond donors (Lipinski definition) is 1. The topological polar surface area (TPSA) is 55.4 Å². The Morgan fingerprint density at radius 3 is 2.58 bits per heavy atom. The maximum Gasteiger partial charge on any atom is 0.407 e. The lowest BCUT2D eigenvalue weighted by molar-refractivity contribution is 0.0523. The van der Waals surface area contributed by atoms with Crippen LogP contribution in [0, 0.1) is 5.82 Å². The zero-order chi connectivity index (χ0) is 19.2. The Balaban J connectivity index is 1.95. The number of nitrogens with one attached hydrogen (secondary N) is 1. The number of amides is 1. The number of ether oxygens (including phenoxy) is 1. The van der Waals surface area contributed by atoms with E-state index >= 15 is 0 Å². The van der Waals surface area contributed by atoms with Gasteiger partial charge in [0.2, 0.25) is 0 Å². The molecular weight excluding hydrogens is 353 g/mol. The first-order valence-corrected chi connectivity index (χ1v) is 9.18. The second-order valence-corrected chi connectivity index (χ2v) is 7.76. The number of aldehydes is 1. The summed E-state index contributed by atoms with van der Waals surface area (Å²) in [6, 6.07) is 12.4. The van der Waals surface area contributed by atoms with Crippen molar-refractivity contribution in [3.05, 3.63) is 65.0 Å². The largest absolute Gasteiger partial charge is 0.444 e. The summed E-state index contributed by atoms with van der Waals surface area (Å²) < 4.78 is 19.3. The first-order chi connectivity index (χ1) is 12.3. The van der Waals surface area contributed by atoms with Gasteiger partial charge >= 0.3 is 6.09 Å². The lowest BCUT2D eigenvalue weighted by Crippen LogP contribution is -2.32. The summed E-state index contributed by atoms with van der Waals surface area (Å²) in [4.78, 5) is 23.0. The van der Waals surface area contributed by atoms with E-state index in [9.17, 15) is 14.0 Å². The molecule has 0 heterocycles. The lowest BCUT2D eigenvalue weighted by Gasteiger charge is -2.19. The first-order valence-electron chi connectivity index (χ1n) is 8.19. The molecule has 0 unspecified atom stereocenters. The van der Waals surface area contributed by atoms with Crippen molar-refractivity contribution in [1.29, 1.82) is 0 Å². The van der Waals surface area contributed by atoms with E-state index in [0.29, 0.717) is 23.5 Å². The highest BCUT2D eigenvalue weighted by molar-refractivity contribution is 7.98. The third kappa shape index (κ3) is 6.19. The van der Waals surface area contributed by atoms with Crippen LogP contribution in [0.25, 0.3) is 0 Å². The number of carbonyl (C=O) groups is 2. The molecular formula is C20H22FNO3S. The fourth-order valence-corrected chi connectivity index (χ4v) is 3.13. The monoisotopic (exact) mass is 375 g/mol. The van der Waals surface area contributed by atoms with Crippen LogP contribution < -0.4 is 5.32 Å². The van der Waals surface area contributed by atoms with Crippen molar-refractivity contribution in [3.8, 4) is 0 Å². The van der Waals surface area contributed by atoms with Crippen molar-refractivity contribution in [2.75, 3.05) is 0 Å². The van der Waals surface area contributed by atoms with Gasteiger partial charge in [0.1, 0.15) is 11.4 Å². The molecule has 0 radical (unpaired) electrons. The summed E-state index contributed by atoms with van der Waals surface area (Å²) >= 11 is 1.32. The molecule has 1 amide bonds. The van der Waals surface area contributed by atoms with E-state index in [0.717, 1.165) is 11.1 Å². The second kappa shape index (κ2) is 8.85. The van der Waals surface area contributed by atoms with E-state index in [-0.39, 0.29) is 5.56 Å². The van der Waals surface area contributed by atoms with E-state index in [2.05, 4.69) is 5.32 Å². The molecule has 2 aromatic rings. The molecule has 0 spiro atoms. The molecule has 0 aliphatic heterocycles. The number of hydrogen-bond acceptors (Lipinski definition) is 4. The Morgan fingerprint density at radius 1 is 1.19 bits per heavy atom. The van der Waals surface area contributed by atoms with Gasteiger partial charge in [-0.05, 0) is 44.0 Å². The summed E-state index contributed by atoms with van der Waals surface area (Å²) in [6.45, 7) is 5.78. The fraction of sp³-hybridized carbons (Fsp3) is 0.300. The van der Waals surface area contributed by atoms with E-state index < -0.39 is 17.5 Å². The lowest BCUT2D eigenvalue weighted by atomic mass is 10.1. The van der Waals surface area contributed by atoms with Gasteiger partial charge in [0.05, 0.1) is 5.56 Å². The minimum atomic E-state index is -0.539. The van der Waals surface area contributed by atoms with Crippen LogP contribution >= 0.6 is 11.8 Å². The van der Waals surface area contributed by atoms with Crippen molar-refractivity contribution in [3.63, 3.8) is 0 Å². The molecule has 0 saturated heterocycles. The Bertz CT molecular complexity index is 787. The van der Waals surface area contributed by atoms with Crippen molar-refractivity contribution in [2.24, 2.45) is 0 Å². The van der Waals surface area contributed by atoms with Gasteiger partial charge in [-0.2, -0.15) is 0 Å². The van der Waals surface area contributed by atoms with E-state index in [1.54, 1.807) is 12.1 Å². The molecule has 6 heteroatoms. The van der Waals surface area contributed by atoms with Gasteiger partial charge in [0.25, 0.3) is 0 Å². The van der Waals surface area contributed by atoms with Crippen LogP contribution in [0.1, 0.15) is 42.3 Å². The number of rotatable bonds is 6. The molecule has 0 bridgehead atoms. The van der Waals surface area contributed by atoms with Gasteiger partial charge in [-0.1, -0.05) is 30.3 Å². The number of thioether (sulfide) groups is 1. The van der Waals surface area contributed by atoms with Gasteiger partial charge in [0, 0.05) is 17.2 Å². The molecule has 0 fully saturated rings. The molecule has 0 atom stereocenters. The Kier molecular flexibility index (Phi) is 6.80. The first kappa shape index (κ1) is 20.0. The molecule has 26 heavy (non-hydrogen) atoms. The molecule has 2 rings (SSSR count). The van der Waals surface area contributed by atoms with E-state index in [4.69, 9.17) is 4.74 Å². The van der Waals surface area contributed by atoms with Gasteiger partial charge < -0.3 is 10.1 Å². The molecule has 0 aromatic heterocycles. The summed E-state index contributed by atoms with van der Waals surface area (Å²) in [5, 5.41) is 2.71. The van der Waals surface area contributed by atoms with Crippen molar-refractivity contribution >= 4 is 24.1 Å². The third-order valence-electron chi connectivity index (χ3n) is 3.34. The maximum atomic E-state index is 14.1. The number of alkyl carbamates (subject to hydrolysis) is 1. The highest BCUT2D eigenvalue weighted by atomic mass is 32.2.